The Labute approximate surface area is 215 Å². The second kappa shape index (κ2) is 12.0. The van der Waals surface area contributed by atoms with E-state index in [1.165, 1.54) is 25.3 Å². The van der Waals surface area contributed by atoms with Crippen molar-refractivity contribution in [2.24, 2.45) is 23.7 Å². The van der Waals surface area contributed by atoms with Gasteiger partial charge >= 0.3 is 0 Å². The fraction of sp³-hybridized carbons (Fsp3) is 0.621. The molecule has 1 aliphatic carbocycles. The SMILES string of the molecule is CCC(C)CN(C)C(=O)Cc1ccc(OCC[C@@H]2C[C@@H]2C2CCN(c3ncc(C)cn3)CC2)cc1F. The van der Waals surface area contributed by atoms with E-state index < -0.39 is 0 Å². The number of carbonyl (C=O) groups is 1. The minimum absolute atomic E-state index is 0.0557. The molecule has 3 atom stereocenters. The summed E-state index contributed by atoms with van der Waals surface area (Å²) in [5, 5.41) is 0. The molecule has 1 aromatic carbocycles. The molecule has 1 aromatic heterocycles. The number of anilines is 1. The van der Waals surface area contributed by atoms with Gasteiger partial charge in [-0.1, -0.05) is 26.3 Å². The van der Waals surface area contributed by atoms with Gasteiger partial charge < -0.3 is 14.5 Å². The fourth-order valence-corrected chi connectivity index (χ4v) is 5.34. The molecule has 1 aliphatic heterocycles. The van der Waals surface area contributed by atoms with E-state index in [0.29, 0.717) is 36.3 Å². The number of rotatable bonds is 11. The van der Waals surface area contributed by atoms with Crippen molar-refractivity contribution >= 4 is 11.9 Å². The summed E-state index contributed by atoms with van der Waals surface area (Å²) in [5.74, 6) is 3.66. The summed E-state index contributed by atoms with van der Waals surface area (Å²) in [5.41, 5.74) is 1.51. The van der Waals surface area contributed by atoms with Gasteiger partial charge in [-0.2, -0.15) is 0 Å². The van der Waals surface area contributed by atoms with Crippen LogP contribution in [0.5, 0.6) is 5.75 Å². The molecular formula is C29H41FN4O2. The number of benzene rings is 1. The van der Waals surface area contributed by atoms with Gasteiger partial charge in [0.15, 0.2) is 0 Å². The summed E-state index contributed by atoms with van der Waals surface area (Å²) in [6.07, 6.45) is 9.53. The highest BCUT2D eigenvalue weighted by Crippen LogP contribution is 2.49. The predicted octanol–water partition coefficient (Wildman–Crippen LogP) is 5.29. The molecule has 0 N–H and O–H groups in total. The van der Waals surface area contributed by atoms with Crippen LogP contribution >= 0.6 is 0 Å². The molecular weight excluding hydrogens is 455 g/mol. The van der Waals surface area contributed by atoms with Crippen LogP contribution in [0.4, 0.5) is 10.3 Å². The summed E-state index contributed by atoms with van der Waals surface area (Å²) in [6.45, 7) is 9.58. The van der Waals surface area contributed by atoms with Crippen LogP contribution in [0.3, 0.4) is 0 Å². The molecule has 4 rings (SSSR count). The molecule has 1 saturated carbocycles. The van der Waals surface area contributed by atoms with Gasteiger partial charge in [0, 0.05) is 45.1 Å². The zero-order valence-corrected chi connectivity index (χ0v) is 22.3. The molecule has 6 nitrogen and oxygen atoms in total. The standard InChI is InChI=1S/C29H41FN4O2/c1-5-20(2)19-33(4)28(35)15-24-6-7-25(16-27(24)30)36-13-10-23-14-26(23)22-8-11-34(12-9-22)29-31-17-21(3)18-32-29/h6-7,16-18,20,22-23,26H,5,8-15,19H2,1-4H3/t20?,23-,26-/m1/s1. The first-order valence-corrected chi connectivity index (χ1v) is 13.5. The highest BCUT2D eigenvalue weighted by molar-refractivity contribution is 5.78. The number of aryl methyl sites for hydroxylation is 1. The van der Waals surface area contributed by atoms with Crippen molar-refractivity contribution in [2.75, 3.05) is 38.2 Å². The van der Waals surface area contributed by atoms with Crippen molar-refractivity contribution in [2.45, 2.75) is 59.3 Å². The summed E-state index contributed by atoms with van der Waals surface area (Å²) in [7, 11) is 1.79. The largest absolute Gasteiger partial charge is 0.493 e. The van der Waals surface area contributed by atoms with Crippen LogP contribution in [0.1, 0.15) is 57.1 Å². The molecule has 7 heteroatoms. The van der Waals surface area contributed by atoms with Gasteiger partial charge in [0.1, 0.15) is 11.6 Å². The number of aromatic nitrogens is 2. The van der Waals surface area contributed by atoms with E-state index in [4.69, 9.17) is 4.74 Å². The minimum Gasteiger partial charge on any atom is -0.493 e. The van der Waals surface area contributed by atoms with E-state index in [2.05, 4.69) is 28.7 Å². The molecule has 0 bridgehead atoms. The maximum absolute atomic E-state index is 14.6. The van der Waals surface area contributed by atoms with E-state index >= 15 is 0 Å². The lowest BCUT2D eigenvalue weighted by Gasteiger charge is -2.32. The van der Waals surface area contributed by atoms with Crippen LogP contribution in [-0.4, -0.2) is 54.1 Å². The summed E-state index contributed by atoms with van der Waals surface area (Å²) >= 11 is 0. The Kier molecular flexibility index (Phi) is 8.81. The maximum Gasteiger partial charge on any atom is 0.226 e. The summed E-state index contributed by atoms with van der Waals surface area (Å²) in [6, 6.07) is 4.89. The van der Waals surface area contributed by atoms with Gasteiger partial charge in [-0.15, -0.1) is 0 Å². The topological polar surface area (TPSA) is 58.6 Å². The minimum atomic E-state index is -0.369. The highest BCUT2D eigenvalue weighted by Gasteiger charge is 2.43. The number of piperidine rings is 1. The molecule has 2 aliphatic rings. The third kappa shape index (κ3) is 6.95. The van der Waals surface area contributed by atoms with Gasteiger partial charge in [0.25, 0.3) is 0 Å². The number of nitrogens with zero attached hydrogens (tertiary/aromatic N) is 4. The second-order valence-corrected chi connectivity index (χ2v) is 10.9. The number of ether oxygens (including phenoxy) is 1. The Balaban J connectivity index is 1.16. The third-order valence-electron chi connectivity index (χ3n) is 8.00. The van der Waals surface area contributed by atoms with E-state index in [1.807, 2.05) is 19.3 Å². The highest BCUT2D eigenvalue weighted by atomic mass is 19.1. The predicted molar refractivity (Wildman–Crippen MR) is 141 cm³/mol. The van der Waals surface area contributed by atoms with E-state index in [-0.39, 0.29) is 18.1 Å². The first-order chi connectivity index (χ1) is 17.3. The molecule has 2 heterocycles. The summed E-state index contributed by atoms with van der Waals surface area (Å²) in [4.78, 5) is 25.4. The van der Waals surface area contributed by atoms with E-state index in [1.54, 1.807) is 24.1 Å². The van der Waals surface area contributed by atoms with Crippen molar-refractivity contribution in [3.05, 3.63) is 47.5 Å². The van der Waals surface area contributed by atoms with Crippen molar-refractivity contribution in [1.29, 1.82) is 0 Å². The molecule has 1 amide bonds. The average Bonchev–Trinajstić information content (AvgIpc) is 3.65. The lowest BCUT2D eigenvalue weighted by molar-refractivity contribution is -0.129. The maximum atomic E-state index is 14.6. The molecule has 0 radical (unpaired) electrons. The quantitative estimate of drug-likeness (QED) is 0.423. The molecule has 2 fully saturated rings. The van der Waals surface area contributed by atoms with Crippen LogP contribution < -0.4 is 9.64 Å². The van der Waals surface area contributed by atoms with Crippen LogP contribution in [0, 0.1) is 36.4 Å². The van der Waals surface area contributed by atoms with Crippen molar-refractivity contribution < 1.29 is 13.9 Å². The Morgan fingerprint density at radius 1 is 1.25 bits per heavy atom. The zero-order chi connectivity index (χ0) is 25.7. The fourth-order valence-electron chi connectivity index (χ4n) is 5.34. The van der Waals surface area contributed by atoms with Crippen molar-refractivity contribution in [3.63, 3.8) is 0 Å². The second-order valence-electron chi connectivity index (χ2n) is 10.9. The van der Waals surface area contributed by atoms with Gasteiger partial charge in [0.05, 0.1) is 13.0 Å². The lowest BCUT2D eigenvalue weighted by atomic mass is 9.90. The molecule has 36 heavy (non-hydrogen) atoms. The Morgan fingerprint density at radius 3 is 2.64 bits per heavy atom. The smallest absolute Gasteiger partial charge is 0.226 e. The number of carbonyl (C=O) groups excluding carboxylic acids is 1. The van der Waals surface area contributed by atoms with Crippen LogP contribution in [0.15, 0.2) is 30.6 Å². The Bertz CT molecular complexity index is 1010. The Morgan fingerprint density at radius 2 is 1.97 bits per heavy atom. The number of halogens is 1. The van der Waals surface area contributed by atoms with Gasteiger partial charge in [-0.25, -0.2) is 14.4 Å². The molecule has 0 spiro atoms. The van der Waals surface area contributed by atoms with Crippen LogP contribution in [0.2, 0.25) is 0 Å². The first kappa shape index (κ1) is 26.4. The first-order valence-electron chi connectivity index (χ1n) is 13.5. The van der Waals surface area contributed by atoms with Gasteiger partial charge in [0.2, 0.25) is 11.9 Å². The van der Waals surface area contributed by atoms with Gasteiger partial charge in [-0.05, 0) is 73.5 Å². The lowest BCUT2D eigenvalue weighted by Crippen LogP contribution is -2.35. The molecule has 2 aromatic rings. The Hall–Kier alpha value is -2.70. The number of hydrogen-bond acceptors (Lipinski definition) is 5. The normalized spacial score (nSPS) is 20.8. The molecule has 1 saturated heterocycles. The van der Waals surface area contributed by atoms with Crippen molar-refractivity contribution in [1.82, 2.24) is 14.9 Å². The monoisotopic (exact) mass is 496 g/mol. The molecule has 196 valence electrons. The zero-order valence-electron chi connectivity index (χ0n) is 22.3. The van der Waals surface area contributed by atoms with Crippen LogP contribution in [0.25, 0.3) is 0 Å². The van der Waals surface area contributed by atoms with E-state index in [0.717, 1.165) is 49.3 Å². The van der Waals surface area contributed by atoms with Crippen molar-refractivity contribution in [3.8, 4) is 5.75 Å². The number of hydrogen-bond donors (Lipinski definition) is 0. The number of likely N-dealkylation sites (N-methyl/N-ethyl adjacent to an activating group) is 1. The summed E-state index contributed by atoms with van der Waals surface area (Å²) < 4.78 is 20.5. The van der Waals surface area contributed by atoms with Gasteiger partial charge in [-0.3, -0.25) is 4.79 Å². The van der Waals surface area contributed by atoms with Crippen LogP contribution in [-0.2, 0) is 11.2 Å². The molecule has 1 unspecified atom stereocenters. The average molecular weight is 497 g/mol. The number of amides is 1. The van der Waals surface area contributed by atoms with E-state index in [9.17, 15) is 9.18 Å². The third-order valence-corrected chi connectivity index (χ3v) is 8.00.